The molecule has 0 aromatic heterocycles. The van der Waals surface area contributed by atoms with Crippen LogP contribution in [0.15, 0.2) is 30.7 Å². The van der Waals surface area contributed by atoms with Crippen LogP contribution in [0.2, 0.25) is 0 Å². The first-order valence-electron chi connectivity index (χ1n) is 30.0. The van der Waals surface area contributed by atoms with Gasteiger partial charge in [0.2, 0.25) is 0 Å². The minimum atomic E-state index is -2.34. The Bertz CT molecular complexity index is 2820. The smallest absolute Gasteiger partial charge is 0.187 e. The van der Waals surface area contributed by atoms with Crippen molar-refractivity contribution >= 4 is 0 Å². The van der Waals surface area contributed by atoms with Crippen LogP contribution in [0.3, 0.4) is 0 Å². The maximum Gasteiger partial charge on any atom is 0.187 e. The number of aliphatic hydroxyl groups is 11. The lowest BCUT2D eigenvalue weighted by molar-refractivity contribution is -0.302. The Hall–Kier alpha value is -5.44. The number of nitrogens with two attached hydrogens (primary N) is 6. The predicted octanol–water partition coefficient (Wildman–Crippen LogP) is -6.31. The van der Waals surface area contributed by atoms with E-state index in [1.165, 1.54) is 0 Å². The average Bonchev–Trinajstić information content (AvgIpc) is 1.48. The van der Waals surface area contributed by atoms with E-state index in [1.54, 1.807) is 6.92 Å². The van der Waals surface area contributed by atoms with Crippen LogP contribution in [-0.4, -0.2) is 322 Å². The van der Waals surface area contributed by atoms with E-state index in [1.807, 2.05) is 0 Å². The molecule has 2 aliphatic carbocycles. The molecule has 8 aliphatic rings. The first-order chi connectivity index (χ1) is 45.8. The van der Waals surface area contributed by atoms with Crippen molar-refractivity contribution in [1.82, 2.24) is 0 Å². The van der Waals surface area contributed by atoms with Gasteiger partial charge in [0.25, 0.3) is 0 Å². The van der Waals surface area contributed by atoms with Gasteiger partial charge in [0.05, 0.1) is 86.6 Å². The maximum atomic E-state index is 15.4. The van der Waals surface area contributed by atoms with Crippen molar-refractivity contribution in [3.8, 4) is 0 Å². The molecule has 0 aromatic rings. The predicted molar refractivity (Wildman–Crippen MR) is 307 cm³/mol. The van der Waals surface area contributed by atoms with Crippen LogP contribution in [-0.2, 0) is 56.8 Å². The molecule has 23 N–H and O–H groups in total. The van der Waals surface area contributed by atoms with E-state index in [-0.39, 0.29) is 32.4 Å². The summed E-state index contributed by atoms with van der Waals surface area (Å²) < 4.78 is 99.6. The molecule has 0 bridgehead atoms. The lowest BCUT2D eigenvalue weighted by Crippen LogP contribution is -2.67. The number of azide groups is 6. The van der Waals surface area contributed by atoms with Gasteiger partial charge in [0, 0.05) is 54.6 Å². The number of halogens is 2. The summed E-state index contributed by atoms with van der Waals surface area (Å²) in [6.45, 7) is -0.514. The van der Waals surface area contributed by atoms with Gasteiger partial charge >= 0.3 is 0 Å². The van der Waals surface area contributed by atoms with E-state index >= 15 is 4.39 Å². The minimum Gasteiger partial charge on any atom is -0.394 e. The fourth-order valence-electron chi connectivity index (χ4n) is 12.3. The molecule has 540 valence electrons. The highest BCUT2D eigenvalue weighted by molar-refractivity contribution is 5.07. The fourth-order valence-corrected chi connectivity index (χ4v) is 12.3. The van der Waals surface area contributed by atoms with Crippen LogP contribution < -0.4 is 34.4 Å². The average molecular weight is 1390 g/mol. The number of alkyl halides is 2. The molecule has 0 aromatic carbocycles. The van der Waals surface area contributed by atoms with Gasteiger partial charge < -0.3 is 147 Å². The van der Waals surface area contributed by atoms with E-state index in [0.29, 0.717) is 0 Å². The number of rotatable bonds is 24. The molecule has 38 atom stereocenters. The van der Waals surface area contributed by atoms with Crippen LogP contribution in [0, 0.1) is 0 Å². The van der Waals surface area contributed by atoms with Crippen molar-refractivity contribution in [2.75, 3.05) is 32.8 Å². The molecule has 47 nitrogen and oxygen atoms in total. The van der Waals surface area contributed by atoms with Crippen molar-refractivity contribution in [2.24, 2.45) is 65.1 Å². The van der Waals surface area contributed by atoms with E-state index < -0.39 is 252 Å². The highest BCUT2D eigenvalue weighted by Gasteiger charge is 2.58. The van der Waals surface area contributed by atoms with Crippen LogP contribution in [0.1, 0.15) is 26.2 Å². The second-order valence-corrected chi connectivity index (χ2v) is 23.4. The molecule has 96 heavy (non-hydrogen) atoms. The highest BCUT2D eigenvalue weighted by atomic mass is 19.1. The van der Waals surface area contributed by atoms with Crippen LogP contribution in [0.5, 0.6) is 0 Å². The second kappa shape index (κ2) is 35.6. The molecular weight excluding hydrogens is 1310 g/mol. The second-order valence-electron chi connectivity index (χ2n) is 23.4. The lowest BCUT2D eigenvalue weighted by Gasteiger charge is -2.47. The molecule has 2 saturated carbocycles. The van der Waals surface area contributed by atoms with E-state index in [9.17, 15) is 71.6 Å². The zero-order chi connectivity index (χ0) is 70.6. The molecule has 8 rings (SSSR count). The normalized spacial score (nSPS) is 47.8. The van der Waals surface area contributed by atoms with Gasteiger partial charge in [-0.3, -0.25) is 0 Å². The summed E-state index contributed by atoms with van der Waals surface area (Å²) in [5.74, 6) is 0. The Balaban J connectivity index is 0.000000279. The third-order valence-electron chi connectivity index (χ3n) is 17.5. The number of nitrogens with zero attached hydrogens (tertiary/aromatic N) is 18. The van der Waals surface area contributed by atoms with Gasteiger partial charge in [-0.2, -0.15) is 0 Å². The summed E-state index contributed by atoms with van der Waals surface area (Å²) >= 11 is 0. The number of hydrogen-bond acceptors (Lipinski definition) is 35. The molecule has 49 heteroatoms. The zero-order valence-corrected chi connectivity index (χ0v) is 50.7. The first kappa shape index (κ1) is 77.9. The molecule has 6 heterocycles. The minimum absolute atomic E-state index is 0.0577. The van der Waals surface area contributed by atoms with Gasteiger partial charge in [-0.1, -0.05) is 37.6 Å². The van der Waals surface area contributed by atoms with Crippen molar-refractivity contribution in [3.63, 3.8) is 0 Å². The molecule has 0 unspecified atom stereocenters. The van der Waals surface area contributed by atoms with E-state index in [0.717, 1.165) is 0 Å². The maximum absolute atomic E-state index is 15.4. The topological polar surface area (TPSA) is 782 Å². The largest absolute Gasteiger partial charge is 0.394 e. The van der Waals surface area contributed by atoms with E-state index in [2.05, 4.69) is 60.2 Å². The quantitative estimate of drug-likeness (QED) is 0.0243. The Morgan fingerprint density at radius 1 is 0.396 bits per heavy atom. The molecule has 0 radical (unpaired) electrons. The molecular formula is C47H80F2N24O23. The molecule has 6 aliphatic heterocycles. The van der Waals surface area contributed by atoms with Gasteiger partial charge in [0.15, 0.2) is 37.7 Å². The lowest BCUT2D eigenvalue weighted by atomic mass is 9.84. The zero-order valence-electron chi connectivity index (χ0n) is 50.7. The van der Waals surface area contributed by atoms with Gasteiger partial charge in [-0.25, -0.2) is 8.78 Å². The summed E-state index contributed by atoms with van der Waals surface area (Å²) in [6, 6.07) is -10.7. The van der Waals surface area contributed by atoms with Crippen molar-refractivity contribution in [3.05, 3.63) is 62.7 Å². The van der Waals surface area contributed by atoms with Crippen molar-refractivity contribution in [1.29, 1.82) is 0 Å². The molecule has 0 amide bonds. The molecule has 0 spiro atoms. The van der Waals surface area contributed by atoms with Crippen LogP contribution in [0.25, 0.3) is 62.7 Å². The third-order valence-corrected chi connectivity index (χ3v) is 17.5. The van der Waals surface area contributed by atoms with Crippen molar-refractivity contribution < 1.29 is 122 Å². The standard InChI is InChI=1S/C24H35FN18O11.C23H45FN6O12/c1-2-8-20(53-23-13(37-43-31)17(47)16(46)10(51-23)5-33-39-27)18(48)24(49-8)54-21-14(44)6(34-40-28)3-7(35-41-29)19(21)52-22-12(36-42-30)11(25)15(45)9(50-22)4-32-38-26;24-10-11(29)21(37-7(2-25)14(10)33)40-18-6(28)1-5(27)13(32)20(18)42-23-17(36)19(9(4-31)39-23)41-22-12(30)16(35)15(34)8(3-26)38-22/h6-24,44-48H,2-5H2,1H3;5-23,31-36H,1-4,25-30H2/t6-,7+,8-,9-,10+,11-,12-,13-,14+,15+,16-,17-,18-,19-,20-,21-,22-,23-,24+;5-,6+,7-,8+,9-,10-,11-,12-,13+,14+,15-,16-,17-,18-,19-,20-,21-,22-,23+/m11/s1. The number of ether oxygens (including phenoxy) is 12. The summed E-state index contributed by atoms with van der Waals surface area (Å²) in [6.07, 6.45) is -46.7. The van der Waals surface area contributed by atoms with Gasteiger partial charge in [-0.15, -0.1) is 0 Å². The number of hydrogen-bond donors (Lipinski definition) is 17. The van der Waals surface area contributed by atoms with Gasteiger partial charge in [-0.05, 0) is 52.4 Å². The molecule has 6 saturated heterocycles. The first-order valence-corrected chi connectivity index (χ1v) is 30.0. The Kier molecular flexibility index (Phi) is 28.9. The highest BCUT2D eigenvalue weighted by Crippen LogP contribution is 2.40. The monoisotopic (exact) mass is 1390 g/mol. The van der Waals surface area contributed by atoms with E-state index in [4.69, 9.17) is 113 Å². The Morgan fingerprint density at radius 2 is 0.823 bits per heavy atom. The van der Waals surface area contributed by atoms with Gasteiger partial charge in [0.1, 0.15) is 116 Å². The van der Waals surface area contributed by atoms with Crippen LogP contribution in [0.4, 0.5) is 8.78 Å². The Morgan fingerprint density at radius 3 is 1.38 bits per heavy atom. The van der Waals surface area contributed by atoms with Crippen molar-refractivity contribution in [2.45, 2.75) is 259 Å². The third kappa shape index (κ3) is 17.2. The molecule has 8 fully saturated rings. The fraction of sp³-hybridized carbons (Fsp3) is 1.00. The summed E-state index contributed by atoms with van der Waals surface area (Å²) in [4.78, 5) is 15.8. The summed E-state index contributed by atoms with van der Waals surface area (Å²) in [5.41, 5.74) is 89.7. The van der Waals surface area contributed by atoms with Crippen LogP contribution >= 0.6 is 0 Å². The summed E-state index contributed by atoms with van der Waals surface area (Å²) in [7, 11) is 0. The number of aliphatic hydroxyl groups excluding tert-OH is 11. The SMILES string of the molecule is CC[C@H]1O[C@@H](O[C@@H]2[C@@H](O)[C@H](N=[N+]=[N-])C[C@H](N=[N+]=[N-])[C@H]2O[C@H]2O[C@H](CN=[N+]=[N-])[C@H](O)[C@H](F)[C@H]2N=[N+]=[N-])[C@H](O)[C@@H]1O[C@H]1O[C@@H](CN=[N+]=[N-])[C@@H](O)[C@H](O)[C@H]1N=[N+]=[N-].NC[C@@H]1O[C@H](O[C@H]2[C@@H](O)[C@H](O[C@@H]3[C@@H](O)[C@H](N)C[C@H](N)[C@H]3O[C@H]3O[C@H](CN)[C@H](O)[C@H](F)[C@H]3N)O[C@@H]2CO)[C@H](N)[C@@H](O)[C@@H]1O. The Labute approximate surface area is 540 Å². The summed E-state index contributed by atoms with van der Waals surface area (Å²) in [5, 5.41) is 137.